The number of nitrogens with one attached hydrogen (secondary N) is 2. The fourth-order valence-electron chi connectivity index (χ4n) is 1.87. The van der Waals surface area contributed by atoms with Gasteiger partial charge < -0.3 is 15.7 Å². The zero-order valence-corrected chi connectivity index (χ0v) is 8.36. The van der Waals surface area contributed by atoms with Crippen LogP contribution in [0.3, 0.4) is 0 Å². The van der Waals surface area contributed by atoms with E-state index in [0.29, 0.717) is 5.56 Å². The van der Waals surface area contributed by atoms with Crippen molar-refractivity contribution in [3.8, 4) is 0 Å². The summed E-state index contributed by atoms with van der Waals surface area (Å²) in [6.45, 7) is 2.59. The third kappa shape index (κ3) is 2.16. The minimum Gasteiger partial charge on any atom is -0.478 e. The molecule has 0 spiro atoms. The molecule has 1 heterocycles. The van der Waals surface area contributed by atoms with Crippen molar-refractivity contribution in [2.24, 2.45) is 0 Å². The Kier molecular flexibility index (Phi) is 2.99. The zero-order valence-electron chi connectivity index (χ0n) is 8.36. The molecule has 1 aromatic rings. The van der Waals surface area contributed by atoms with Crippen molar-refractivity contribution < 1.29 is 9.90 Å². The van der Waals surface area contributed by atoms with Gasteiger partial charge >= 0.3 is 5.97 Å². The molecule has 0 unspecified atom stereocenters. The lowest BCUT2D eigenvalue weighted by Crippen LogP contribution is -2.43. The normalized spacial score (nSPS) is 21.2. The third-order valence-electron chi connectivity index (χ3n) is 2.61. The van der Waals surface area contributed by atoms with Gasteiger partial charge in [0.2, 0.25) is 0 Å². The Morgan fingerprint density at radius 2 is 2.13 bits per heavy atom. The highest BCUT2D eigenvalue weighted by molar-refractivity contribution is 5.89. The first-order chi connectivity index (χ1) is 7.29. The van der Waals surface area contributed by atoms with Crippen LogP contribution in [0.1, 0.15) is 22.0 Å². The van der Waals surface area contributed by atoms with E-state index in [2.05, 4.69) is 10.6 Å². The fraction of sp³-hybridized carbons (Fsp3) is 0.364. The van der Waals surface area contributed by atoms with Gasteiger partial charge in [-0.2, -0.15) is 0 Å². The molecule has 2 rings (SSSR count). The number of hydrogen-bond donors (Lipinski definition) is 3. The minimum atomic E-state index is -0.863. The van der Waals surface area contributed by atoms with E-state index in [1.165, 1.54) is 0 Å². The second-order valence-electron chi connectivity index (χ2n) is 3.60. The van der Waals surface area contributed by atoms with Crippen LogP contribution < -0.4 is 10.6 Å². The topological polar surface area (TPSA) is 61.4 Å². The maximum atomic E-state index is 11.0. The van der Waals surface area contributed by atoms with Crippen molar-refractivity contribution >= 4 is 5.97 Å². The summed E-state index contributed by atoms with van der Waals surface area (Å²) < 4.78 is 0. The molecule has 1 atom stereocenters. The molecule has 15 heavy (non-hydrogen) atoms. The Bertz CT molecular complexity index is 359. The number of carboxylic acids is 1. The number of carbonyl (C=O) groups is 1. The molecule has 1 saturated heterocycles. The predicted octanol–water partition coefficient (Wildman–Crippen LogP) is 0.619. The molecule has 0 aliphatic carbocycles. The first-order valence-electron chi connectivity index (χ1n) is 5.05. The molecular weight excluding hydrogens is 192 g/mol. The van der Waals surface area contributed by atoms with Gasteiger partial charge in [-0.25, -0.2) is 4.79 Å². The van der Waals surface area contributed by atoms with Crippen LogP contribution >= 0.6 is 0 Å². The number of piperazine rings is 1. The van der Waals surface area contributed by atoms with Crippen LogP contribution in [0.4, 0.5) is 0 Å². The number of benzene rings is 1. The van der Waals surface area contributed by atoms with Gasteiger partial charge in [0, 0.05) is 25.7 Å². The van der Waals surface area contributed by atoms with Crippen molar-refractivity contribution in [1.82, 2.24) is 10.6 Å². The lowest BCUT2D eigenvalue weighted by atomic mass is 9.99. The maximum absolute atomic E-state index is 11.0. The molecule has 1 fully saturated rings. The van der Waals surface area contributed by atoms with Crippen molar-refractivity contribution in [2.75, 3.05) is 19.6 Å². The van der Waals surface area contributed by atoms with Crippen LogP contribution in [0.15, 0.2) is 24.3 Å². The molecule has 0 radical (unpaired) electrons. The second-order valence-corrected chi connectivity index (χ2v) is 3.60. The van der Waals surface area contributed by atoms with Crippen LogP contribution in [0.2, 0.25) is 0 Å². The molecule has 0 bridgehead atoms. The average Bonchev–Trinajstić information content (AvgIpc) is 2.30. The summed E-state index contributed by atoms with van der Waals surface area (Å²) in [4.78, 5) is 11.0. The largest absolute Gasteiger partial charge is 0.478 e. The number of aromatic carboxylic acids is 1. The first kappa shape index (κ1) is 10.1. The summed E-state index contributed by atoms with van der Waals surface area (Å²) in [6, 6.07) is 7.25. The van der Waals surface area contributed by atoms with Gasteiger partial charge in [0.25, 0.3) is 0 Å². The molecule has 0 saturated carbocycles. The van der Waals surface area contributed by atoms with Gasteiger partial charge in [-0.05, 0) is 11.6 Å². The summed E-state index contributed by atoms with van der Waals surface area (Å²) in [6.07, 6.45) is 0. The van der Waals surface area contributed by atoms with Crippen molar-refractivity contribution in [2.45, 2.75) is 6.04 Å². The highest BCUT2D eigenvalue weighted by Crippen LogP contribution is 2.18. The SMILES string of the molecule is O=C(O)c1ccccc1[C@H]1CNCCN1. The standard InChI is InChI=1S/C11H14N2O2/c14-11(15)9-4-2-1-3-8(9)10-7-12-5-6-13-10/h1-4,10,12-13H,5-7H2,(H,14,15)/t10-/m1/s1. The Hall–Kier alpha value is -1.39. The summed E-state index contributed by atoms with van der Waals surface area (Å²) in [5.41, 5.74) is 1.25. The molecule has 80 valence electrons. The van der Waals surface area contributed by atoms with Crippen LogP contribution in [0.25, 0.3) is 0 Å². The van der Waals surface area contributed by atoms with Gasteiger partial charge in [0.15, 0.2) is 0 Å². The van der Waals surface area contributed by atoms with Crippen LogP contribution in [0, 0.1) is 0 Å². The van der Waals surface area contributed by atoms with Crippen LogP contribution in [-0.4, -0.2) is 30.7 Å². The first-order valence-corrected chi connectivity index (χ1v) is 5.05. The summed E-state index contributed by atoms with van der Waals surface area (Å²) in [5.74, 6) is -0.863. The van der Waals surface area contributed by atoms with Crippen molar-refractivity contribution in [1.29, 1.82) is 0 Å². The van der Waals surface area contributed by atoms with E-state index in [4.69, 9.17) is 5.11 Å². The monoisotopic (exact) mass is 206 g/mol. The smallest absolute Gasteiger partial charge is 0.336 e. The predicted molar refractivity (Wildman–Crippen MR) is 57.0 cm³/mol. The third-order valence-corrected chi connectivity index (χ3v) is 2.61. The van der Waals surface area contributed by atoms with E-state index in [-0.39, 0.29) is 6.04 Å². The Balaban J connectivity index is 2.29. The van der Waals surface area contributed by atoms with Gasteiger partial charge in [-0.1, -0.05) is 18.2 Å². The van der Waals surface area contributed by atoms with Gasteiger partial charge in [0.05, 0.1) is 5.56 Å². The number of hydrogen-bond acceptors (Lipinski definition) is 3. The molecule has 1 aliphatic rings. The minimum absolute atomic E-state index is 0.103. The molecular formula is C11H14N2O2. The van der Waals surface area contributed by atoms with E-state index in [1.54, 1.807) is 12.1 Å². The van der Waals surface area contributed by atoms with E-state index < -0.39 is 5.97 Å². The van der Waals surface area contributed by atoms with E-state index in [1.807, 2.05) is 12.1 Å². The Labute approximate surface area is 88.3 Å². The summed E-state index contributed by atoms with van der Waals surface area (Å²) in [5, 5.41) is 15.6. The van der Waals surface area contributed by atoms with Crippen LogP contribution in [-0.2, 0) is 0 Å². The van der Waals surface area contributed by atoms with Crippen molar-refractivity contribution in [3.05, 3.63) is 35.4 Å². The van der Waals surface area contributed by atoms with E-state index >= 15 is 0 Å². The quantitative estimate of drug-likeness (QED) is 0.664. The van der Waals surface area contributed by atoms with E-state index in [9.17, 15) is 4.79 Å². The fourth-order valence-corrected chi connectivity index (χ4v) is 1.87. The van der Waals surface area contributed by atoms with Crippen LogP contribution in [0.5, 0.6) is 0 Å². The molecule has 0 amide bonds. The zero-order chi connectivity index (χ0) is 10.7. The summed E-state index contributed by atoms with van der Waals surface area (Å²) >= 11 is 0. The van der Waals surface area contributed by atoms with Gasteiger partial charge in [0.1, 0.15) is 0 Å². The van der Waals surface area contributed by atoms with E-state index in [0.717, 1.165) is 25.2 Å². The molecule has 4 heteroatoms. The van der Waals surface area contributed by atoms with Gasteiger partial charge in [-0.3, -0.25) is 0 Å². The van der Waals surface area contributed by atoms with Crippen molar-refractivity contribution in [3.63, 3.8) is 0 Å². The molecule has 1 aromatic carbocycles. The average molecular weight is 206 g/mol. The van der Waals surface area contributed by atoms with Gasteiger partial charge in [-0.15, -0.1) is 0 Å². The second kappa shape index (κ2) is 4.42. The molecule has 3 N–H and O–H groups in total. The molecule has 4 nitrogen and oxygen atoms in total. The Morgan fingerprint density at radius 3 is 2.80 bits per heavy atom. The highest BCUT2D eigenvalue weighted by atomic mass is 16.4. The lowest BCUT2D eigenvalue weighted by molar-refractivity contribution is 0.0694. The lowest BCUT2D eigenvalue weighted by Gasteiger charge is -2.25. The Morgan fingerprint density at radius 1 is 1.33 bits per heavy atom. The molecule has 0 aromatic heterocycles. The highest BCUT2D eigenvalue weighted by Gasteiger charge is 2.19. The summed E-state index contributed by atoms with van der Waals surface area (Å²) in [7, 11) is 0. The molecule has 1 aliphatic heterocycles. The number of rotatable bonds is 2. The maximum Gasteiger partial charge on any atom is 0.336 e. The number of carboxylic acid groups (broad SMARTS) is 1.